The van der Waals surface area contributed by atoms with E-state index in [9.17, 15) is 39.3 Å². The van der Waals surface area contributed by atoms with Crippen LogP contribution in [0.15, 0.2) is 47.6 Å². The maximum Gasteiger partial charge on any atom is 0.329 e. The highest BCUT2D eigenvalue weighted by atomic mass is 16.6. The molecule has 3 N–H and O–H groups in total. The van der Waals surface area contributed by atoms with Gasteiger partial charge in [-0.1, -0.05) is 71.1 Å². The summed E-state index contributed by atoms with van der Waals surface area (Å²) in [4.78, 5) is 71.8. The zero-order valence-corrected chi connectivity index (χ0v) is 40.6. The molecule has 1 amide bonds. The van der Waals surface area contributed by atoms with Gasteiger partial charge in [-0.15, -0.1) is 0 Å². The number of carbonyl (C=O) groups excluding carboxylic acids is 5. The number of aliphatic hydroxyl groups is 3. The Hall–Kier alpha value is -3.37. The van der Waals surface area contributed by atoms with Crippen molar-refractivity contribution in [3.05, 3.63) is 47.6 Å². The molecule has 65 heavy (non-hydrogen) atoms. The quantitative estimate of drug-likeness (QED) is 0.156. The number of ketones is 3. The monoisotopic (exact) mass is 914 g/mol. The summed E-state index contributed by atoms with van der Waals surface area (Å²) in [6.45, 7) is 12.7. The van der Waals surface area contributed by atoms with E-state index in [4.69, 9.17) is 23.7 Å². The summed E-state index contributed by atoms with van der Waals surface area (Å²) in [6.07, 6.45) is 11.2. The van der Waals surface area contributed by atoms with Crippen molar-refractivity contribution in [2.45, 2.75) is 180 Å². The molecular weight excluding hydrogens is 835 g/mol. The lowest BCUT2D eigenvalue weighted by atomic mass is 9.78. The van der Waals surface area contributed by atoms with Gasteiger partial charge in [0.05, 0.1) is 24.4 Å². The van der Waals surface area contributed by atoms with Crippen LogP contribution >= 0.6 is 0 Å². The first-order valence-electron chi connectivity index (χ1n) is 23.9. The third kappa shape index (κ3) is 14.3. The Balaban J connectivity index is 1.70. The van der Waals surface area contributed by atoms with E-state index < -0.39 is 83.9 Å². The van der Waals surface area contributed by atoms with Crippen molar-refractivity contribution >= 4 is 29.2 Å². The minimum absolute atomic E-state index is 0.0193. The minimum Gasteiger partial charge on any atom is -0.460 e. The highest BCUT2D eigenvalue weighted by Gasteiger charge is 2.53. The molecule has 15 atom stereocenters. The molecule has 0 spiro atoms. The number of methoxy groups -OCH3 is 3. The summed E-state index contributed by atoms with van der Waals surface area (Å²) in [6, 6.07) is -1.14. The Morgan fingerprint density at radius 1 is 0.846 bits per heavy atom. The van der Waals surface area contributed by atoms with Gasteiger partial charge in [0.25, 0.3) is 11.7 Å². The number of allylic oxidation sites excluding steroid dienone is 6. The van der Waals surface area contributed by atoms with Crippen molar-refractivity contribution in [1.82, 2.24) is 4.90 Å². The molecule has 366 valence electrons. The number of carbonyl (C=O) groups is 5. The molecule has 3 heterocycles. The van der Waals surface area contributed by atoms with Crippen LogP contribution in [-0.2, 0) is 47.7 Å². The van der Waals surface area contributed by atoms with Crippen molar-refractivity contribution in [3.63, 3.8) is 0 Å². The average Bonchev–Trinajstić information content (AvgIpc) is 3.28. The smallest absolute Gasteiger partial charge is 0.329 e. The molecule has 0 radical (unpaired) electrons. The Bertz CT molecular complexity index is 1760. The van der Waals surface area contributed by atoms with Crippen molar-refractivity contribution < 1.29 is 63.0 Å². The number of Topliss-reactive ketones (excluding diaryl/α,β-unsaturated/α-hetero) is 3. The molecule has 1 saturated carbocycles. The molecule has 4 aliphatic rings. The fourth-order valence-electron chi connectivity index (χ4n) is 10.1. The van der Waals surface area contributed by atoms with Crippen molar-refractivity contribution in [2.24, 2.45) is 35.5 Å². The van der Waals surface area contributed by atoms with Crippen molar-refractivity contribution in [3.8, 4) is 0 Å². The van der Waals surface area contributed by atoms with Crippen LogP contribution in [0.5, 0.6) is 0 Å². The first-order valence-corrected chi connectivity index (χ1v) is 23.9. The Kier molecular flexibility index (Phi) is 21.0. The molecule has 2 bridgehead atoms. The van der Waals surface area contributed by atoms with E-state index in [1.165, 1.54) is 12.0 Å². The molecule has 0 aromatic heterocycles. The maximum atomic E-state index is 14.4. The Labute approximate surface area is 387 Å². The van der Waals surface area contributed by atoms with E-state index in [1.807, 2.05) is 58.1 Å². The molecular formula is C51H79NO13. The maximum absolute atomic E-state index is 14.4. The molecule has 1 aliphatic carbocycles. The number of cyclic esters (lactones) is 1. The lowest BCUT2D eigenvalue weighted by Gasteiger charge is -2.42. The van der Waals surface area contributed by atoms with Crippen LogP contribution in [0.25, 0.3) is 0 Å². The van der Waals surface area contributed by atoms with Crippen LogP contribution in [0.2, 0.25) is 0 Å². The summed E-state index contributed by atoms with van der Waals surface area (Å²) < 4.78 is 29.4. The number of fused-ring (bicyclic) bond motifs is 3. The number of hydrogen-bond acceptors (Lipinski definition) is 13. The summed E-state index contributed by atoms with van der Waals surface area (Å²) in [7, 11) is 4.52. The number of hydrogen-bond donors (Lipinski definition) is 3. The highest BCUT2D eigenvalue weighted by molar-refractivity contribution is 6.39. The lowest BCUT2D eigenvalue weighted by molar-refractivity contribution is -0.265. The molecule has 3 fully saturated rings. The fraction of sp³-hybridized carbons (Fsp3) is 0.745. The van der Waals surface area contributed by atoms with E-state index in [0.29, 0.717) is 63.4 Å². The fourth-order valence-corrected chi connectivity index (χ4v) is 10.1. The second kappa shape index (κ2) is 25.1. The van der Waals surface area contributed by atoms with Crippen LogP contribution in [0.3, 0.4) is 0 Å². The van der Waals surface area contributed by atoms with Gasteiger partial charge in [-0.25, -0.2) is 4.79 Å². The van der Waals surface area contributed by atoms with Crippen LogP contribution < -0.4 is 0 Å². The van der Waals surface area contributed by atoms with Gasteiger partial charge in [-0.05, 0) is 107 Å². The Morgan fingerprint density at radius 2 is 1.57 bits per heavy atom. The minimum atomic E-state index is -2.43. The van der Waals surface area contributed by atoms with Gasteiger partial charge < -0.3 is 43.9 Å². The van der Waals surface area contributed by atoms with Gasteiger partial charge >= 0.3 is 5.97 Å². The molecule has 2 saturated heterocycles. The van der Waals surface area contributed by atoms with Crippen LogP contribution in [-0.4, -0.2) is 132 Å². The number of ether oxygens (including phenoxy) is 5. The SMILES string of the molecule is CO[C@H]1C[C@@H]2CC[C@@H](C)[C@@](O)(O2)C(=O)C(=O)N2CCCC[C@H]2C(=O)O[C@H]([C@H](C)C[C@@H]2CC[C@@H](O)[C@H](OC)C2)CC(=O)[C@H](C)/C=C(\C)[C@@H](O)[C@@H](OC)C(=O)[C@H](C)C[C@H](C)/C=C/C=C\C=C\1C. The predicted molar refractivity (Wildman–Crippen MR) is 245 cm³/mol. The number of esters is 1. The van der Waals surface area contributed by atoms with E-state index in [0.717, 1.165) is 12.0 Å². The second-order valence-corrected chi connectivity index (χ2v) is 19.6. The van der Waals surface area contributed by atoms with E-state index in [1.54, 1.807) is 41.1 Å². The predicted octanol–water partition coefficient (Wildman–Crippen LogP) is 6.18. The first kappa shape index (κ1) is 54.2. The second-order valence-electron chi connectivity index (χ2n) is 19.6. The number of nitrogens with zero attached hydrogens (tertiary/aromatic N) is 1. The van der Waals surface area contributed by atoms with Crippen LogP contribution in [0.1, 0.15) is 126 Å². The standard InChI is InChI=1S/C51H79NO13/c1-30-16-12-11-13-17-31(2)42(61-8)28-38-21-19-36(7)51(60,65-38)48(57)49(58)52-23-15-14-18-39(52)50(59)64-43(33(4)26-37-20-22-40(53)44(27-37)62-9)29-41(54)32(3)25-35(6)46(56)47(63-10)45(55)34(5)24-30/h11-13,16-17,25,30,32-34,36-40,42-44,46-47,53,56,60H,14-15,18-24,26-29H2,1-10H3/b13-11-,16-12+,31-17+,35-25+/t30-,32-,33-,34-,36-,37+,38+,39+,40-,42+,43+,44-,46-,47+,51-/m1/s1. The number of amides is 1. The first-order chi connectivity index (χ1) is 30.7. The van der Waals surface area contributed by atoms with Gasteiger partial charge in [-0.2, -0.15) is 0 Å². The van der Waals surface area contributed by atoms with Gasteiger partial charge in [0.2, 0.25) is 5.79 Å². The third-order valence-corrected chi connectivity index (χ3v) is 14.5. The van der Waals surface area contributed by atoms with Gasteiger partial charge in [0, 0.05) is 58.5 Å². The molecule has 4 rings (SSSR count). The van der Waals surface area contributed by atoms with E-state index >= 15 is 0 Å². The number of aliphatic hydroxyl groups excluding tert-OH is 2. The largest absolute Gasteiger partial charge is 0.460 e. The van der Waals surface area contributed by atoms with Gasteiger partial charge in [0.1, 0.15) is 30.1 Å². The van der Waals surface area contributed by atoms with E-state index in [2.05, 4.69) is 0 Å². The van der Waals surface area contributed by atoms with Crippen molar-refractivity contribution in [1.29, 1.82) is 0 Å². The third-order valence-electron chi connectivity index (χ3n) is 14.5. The number of rotatable bonds is 6. The normalized spacial score (nSPS) is 40.4. The zero-order valence-electron chi connectivity index (χ0n) is 40.6. The molecule has 0 unspecified atom stereocenters. The molecule has 14 nitrogen and oxygen atoms in total. The van der Waals surface area contributed by atoms with Gasteiger partial charge in [0.15, 0.2) is 5.78 Å². The van der Waals surface area contributed by atoms with Crippen LogP contribution in [0, 0.1) is 35.5 Å². The van der Waals surface area contributed by atoms with Gasteiger partial charge in [-0.3, -0.25) is 19.2 Å². The van der Waals surface area contributed by atoms with E-state index in [-0.39, 0.29) is 54.8 Å². The highest BCUT2D eigenvalue weighted by Crippen LogP contribution is 2.38. The zero-order chi connectivity index (χ0) is 48.2. The average molecular weight is 914 g/mol. The topological polar surface area (TPSA) is 195 Å². The molecule has 14 heteroatoms. The summed E-state index contributed by atoms with van der Waals surface area (Å²) in [5, 5.41) is 33.8. The van der Waals surface area contributed by atoms with Crippen molar-refractivity contribution in [2.75, 3.05) is 27.9 Å². The summed E-state index contributed by atoms with van der Waals surface area (Å²) in [5.74, 6) is -7.96. The molecule has 0 aromatic carbocycles. The molecule has 0 aromatic rings. The Morgan fingerprint density at radius 3 is 2.25 bits per heavy atom. The lowest BCUT2D eigenvalue weighted by Crippen LogP contribution is -2.61. The summed E-state index contributed by atoms with van der Waals surface area (Å²) in [5.41, 5.74) is 1.27. The number of piperidine rings is 1. The summed E-state index contributed by atoms with van der Waals surface area (Å²) >= 11 is 0. The van der Waals surface area contributed by atoms with Crippen LogP contribution in [0.4, 0.5) is 0 Å². The molecule has 3 aliphatic heterocycles.